The van der Waals surface area contributed by atoms with Crippen molar-refractivity contribution in [3.63, 3.8) is 0 Å². The topological polar surface area (TPSA) is 76.9 Å². The summed E-state index contributed by atoms with van der Waals surface area (Å²) in [6, 6.07) is 8.59. The molecule has 3 rings (SSSR count). The summed E-state index contributed by atoms with van der Waals surface area (Å²) in [4.78, 5) is 3.75. The SMILES string of the molecule is O=S(=O)(NCc1ccc(-n2cccn2)nc1)c1ccc(Cl)cc1F. The standard InChI is InChI=1S/C15H12ClFN4O2S/c16-12-3-4-14(13(17)8-12)24(22,23)20-10-11-2-5-15(18-9-11)21-7-1-6-19-21/h1-9,20H,10H2. The van der Waals surface area contributed by atoms with Gasteiger partial charge in [-0.05, 0) is 35.9 Å². The van der Waals surface area contributed by atoms with Crippen LogP contribution < -0.4 is 4.72 Å². The molecular weight excluding hydrogens is 355 g/mol. The Morgan fingerprint density at radius 3 is 2.71 bits per heavy atom. The molecule has 2 heterocycles. The Balaban J connectivity index is 1.73. The van der Waals surface area contributed by atoms with E-state index in [2.05, 4.69) is 14.8 Å². The minimum absolute atomic E-state index is 0.0171. The van der Waals surface area contributed by atoms with Crippen molar-refractivity contribution in [2.24, 2.45) is 0 Å². The molecule has 124 valence electrons. The van der Waals surface area contributed by atoms with Crippen LogP contribution in [0.4, 0.5) is 4.39 Å². The molecule has 0 radical (unpaired) electrons. The van der Waals surface area contributed by atoms with Crippen molar-refractivity contribution >= 4 is 21.6 Å². The molecule has 0 aliphatic carbocycles. The minimum Gasteiger partial charge on any atom is -0.237 e. The quantitative estimate of drug-likeness (QED) is 0.752. The number of halogens is 2. The first-order chi connectivity index (χ1) is 11.5. The van der Waals surface area contributed by atoms with E-state index >= 15 is 0 Å². The number of pyridine rings is 1. The maximum Gasteiger partial charge on any atom is 0.243 e. The zero-order chi connectivity index (χ0) is 17.2. The number of hydrogen-bond acceptors (Lipinski definition) is 4. The predicted molar refractivity (Wildman–Crippen MR) is 86.8 cm³/mol. The van der Waals surface area contributed by atoms with Crippen LogP contribution in [0.2, 0.25) is 5.02 Å². The first kappa shape index (κ1) is 16.6. The first-order valence-corrected chi connectivity index (χ1v) is 8.71. The van der Waals surface area contributed by atoms with Gasteiger partial charge in [0.05, 0.1) is 0 Å². The van der Waals surface area contributed by atoms with Gasteiger partial charge < -0.3 is 0 Å². The van der Waals surface area contributed by atoms with E-state index in [1.54, 1.807) is 35.3 Å². The Hall–Kier alpha value is -2.29. The highest BCUT2D eigenvalue weighted by Crippen LogP contribution is 2.19. The summed E-state index contributed by atoms with van der Waals surface area (Å²) in [6.07, 6.45) is 4.90. The monoisotopic (exact) mass is 366 g/mol. The molecule has 1 N–H and O–H groups in total. The van der Waals surface area contributed by atoms with Gasteiger partial charge in [-0.25, -0.2) is 27.2 Å². The fraction of sp³-hybridized carbons (Fsp3) is 0.0667. The Morgan fingerprint density at radius 1 is 1.25 bits per heavy atom. The molecule has 0 fully saturated rings. The van der Waals surface area contributed by atoms with E-state index in [-0.39, 0.29) is 11.6 Å². The molecule has 6 nitrogen and oxygen atoms in total. The van der Waals surface area contributed by atoms with Crippen LogP contribution in [-0.2, 0) is 16.6 Å². The van der Waals surface area contributed by atoms with E-state index in [9.17, 15) is 12.8 Å². The van der Waals surface area contributed by atoms with Crippen LogP contribution in [0.25, 0.3) is 5.82 Å². The molecule has 0 saturated carbocycles. The van der Waals surface area contributed by atoms with Gasteiger partial charge in [-0.15, -0.1) is 0 Å². The van der Waals surface area contributed by atoms with Crippen molar-refractivity contribution in [1.29, 1.82) is 0 Å². The summed E-state index contributed by atoms with van der Waals surface area (Å²) in [5.74, 6) is -0.294. The van der Waals surface area contributed by atoms with Gasteiger partial charge in [0.25, 0.3) is 0 Å². The highest BCUT2D eigenvalue weighted by Gasteiger charge is 2.19. The Labute approximate surface area is 143 Å². The number of benzene rings is 1. The van der Waals surface area contributed by atoms with E-state index in [1.807, 2.05) is 0 Å². The molecule has 0 atom stereocenters. The largest absolute Gasteiger partial charge is 0.243 e. The van der Waals surface area contributed by atoms with Crippen molar-refractivity contribution in [1.82, 2.24) is 19.5 Å². The van der Waals surface area contributed by atoms with Gasteiger partial charge in [-0.2, -0.15) is 5.10 Å². The van der Waals surface area contributed by atoms with Crippen LogP contribution in [-0.4, -0.2) is 23.2 Å². The molecule has 2 aromatic heterocycles. The molecule has 0 spiro atoms. The number of nitrogens with one attached hydrogen (secondary N) is 1. The molecule has 1 aromatic carbocycles. The summed E-state index contributed by atoms with van der Waals surface area (Å²) in [7, 11) is -3.99. The Kier molecular flexibility index (Phi) is 4.61. The lowest BCUT2D eigenvalue weighted by Gasteiger charge is -2.08. The number of aromatic nitrogens is 3. The van der Waals surface area contributed by atoms with Gasteiger partial charge in [-0.3, -0.25) is 0 Å². The highest BCUT2D eigenvalue weighted by atomic mass is 35.5. The molecule has 9 heteroatoms. The van der Waals surface area contributed by atoms with Crippen molar-refractivity contribution in [2.75, 3.05) is 0 Å². The van der Waals surface area contributed by atoms with Crippen molar-refractivity contribution in [3.8, 4) is 5.82 Å². The molecule has 0 unspecified atom stereocenters. The zero-order valence-electron chi connectivity index (χ0n) is 12.2. The minimum atomic E-state index is -3.99. The molecule has 24 heavy (non-hydrogen) atoms. The van der Waals surface area contributed by atoms with Crippen LogP contribution in [0.5, 0.6) is 0 Å². The molecule has 0 aliphatic rings. The van der Waals surface area contributed by atoms with Crippen LogP contribution in [0, 0.1) is 5.82 Å². The van der Waals surface area contributed by atoms with Crippen LogP contribution >= 0.6 is 11.6 Å². The third kappa shape index (κ3) is 3.61. The van der Waals surface area contributed by atoms with Crippen LogP contribution in [0.1, 0.15) is 5.56 Å². The second-order valence-electron chi connectivity index (χ2n) is 4.87. The second-order valence-corrected chi connectivity index (χ2v) is 7.05. The summed E-state index contributed by atoms with van der Waals surface area (Å²) >= 11 is 5.63. The van der Waals surface area contributed by atoms with Crippen LogP contribution in [0.3, 0.4) is 0 Å². The van der Waals surface area contributed by atoms with Gasteiger partial charge >= 0.3 is 0 Å². The number of nitrogens with zero attached hydrogens (tertiary/aromatic N) is 3. The maximum atomic E-state index is 13.8. The lowest BCUT2D eigenvalue weighted by atomic mass is 10.3. The normalized spacial score (nSPS) is 11.6. The average Bonchev–Trinajstić information content (AvgIpc) is 3.07. The third-order valence-electron chi connectivity index (χ3n) is 3.20. The van der Waals surface area contributed by atoms with Crippen molar-refractivity contribution in [2.45, 2.75) is 11.4 Å². The molecule has 0 aliphatic heterocycles. The number of rotatable bonds is 5. The van der Waals surface area contributed by atoms with Gasteiger partial charge in [0.2, 0.25) is 10.0 Å². The van der Waals surface area contributed by atoms with Crippen molar-refractivity contribution in [3.05, 3.63) is 71.4 Å². The second kappa shape index (κ2) is 6.68. The van der Waals surface area contributed by atoms with Gasteiger partial charge in [-0.1, -0.05) is 17.7 Å². The smallest absolute Gasteiger partial charge is 0.237 e. The molecule has 3 aromatic rings. The van der Waals surface area contributed by atoms with Crippen LogP contribution in [0.15, 0.2) is 59.9 Å². The van der Waals surface area contributed by atoms with Gasteiger partial charge in [0.1, 0.15) is 10.7 Å². The van der Waals surface area contributed by atoms with Gasteiger partial charge in [0, 0.05) is 30.2 Å². The van der Waals surface area contributed by atoms with E-state index in [0.717, 1.165) is 12.1 Å². The van der Waals surface area contributed by atoms with E-state index in [0.29, 0.717) is 11.4 Å². The fourth-order valence-electron chi connectivity index (χ4n) is 2.01. The maximum absolute atomic E-state index is 13.8. The molecule has 0 saturated heterocycles. The van der Waals surface area contributed by atoms with E-state index in [4.69, 9.17) is 11.6 Å². The summed E-state index contributed by atoms with van der Waals surface area (Å²) in [5, 5.41) is 4.18. The lowest BCUT2D eigenvalue weighted by Crippen LogP contribution is -2.24. The van der Waals surface area contributed by atoms with Gasteiger partial charge in [0.15, 0.2) is 5.82 Å². The third-order valence-corrected chi connectivity index (χ3v) is 4.87. The number of hydrogen-bond donors (Lipinski definition) is 1. The molecule has 0 amide bonds. The lowest BCUT2D eigenvalue weighted by molar-refractivity contribution is 0.557. The van der Waals surface area contributed by atoms with E-state index < -0.39 is 20.7 Å². The Morgan fingerprint density at radius 2 is 2.08 bits per heavy atom. The van der Waals surface area contributed by atoms with Crippen molar-refractivity contribution < 1.29 is 12.8 Å². The molecular formula is C15H12ClFN4O2S. The highest BCUT2D eigenvalue weighted by molar-refractivity contribution is 7.89. The zero-order valence-corrected chi connectivity index (χ0v) is 13.8. The fourth-order valence-corrected chi connectivity index (χ4v) is 3.24. The average molecular weight is 367 g/mol. The Bertz CT molecular complexity index is 944. The summed E-state index contributed by atoms with van der Waals surface area (Å²) < 4.78 is 42.0. The molecule has 0 bridgehead atoms. The first-order valence-electron chi connectivity index (χ1n) is 6.85. The summed E-state index contributed by atoms with van der Waals surface area (Å²) in [5.41, 5.74) is 0.629. The predicted octanol–water partition coefficient (Wildman–Crippen LogP) is 2.54. The van der Waals surface area contributed by atoms with E-state index in [1.165, 1.54) is 12.3 Å². The summed E-state index contributed by atoms with van der Waals surface area (Å²) in [6.45, 7) is -0.0171. The number of sulfonamides is 1.